The van der Waals surface area contributed by atoms with Crippen LogP contribution >= 0.6 is 0 Å². The van der Waals surface area contributed by atoms with Crippen LogP contribution in [0.1, 0.15) is 30.5 Å². The van der Waals surface area contributed by atoms with Crippen molar-refractivity contribution in [2.75, 3.05) is 5.32 Å². The van der Waals surface area contributed by atoms with Crippen LogP contribution in [0.5, 0.6) is 0 Å². The van der Waals surface area contributed by atoms with Crippen molar-refractivity contribution in [2.24, 2.45) is 0 Å². The highest BCUT2D eigenvalue weighted by atomic mass is 16.4. The fourth-order valence-electron chi connectivity index (χ4n) is 1.83. The molecule has 3 rings (SSSR count). The molecule has 1 aliphatic rings. The molecule has 0 atom stereocenters. The summed E-state index contributed by atoms with van der Waals surface area (Å²) in [4.78, 5) is 20.2. The third-order valence-electron chi connectivity index (χ3n) is 2.88. The van der Waals surface area contributed by atoms with Gasteiger partial charge in [0.1, 0.15) is 5.76 Å². The van der Waals surface area contributed by atoms with Crippen molar-refractivity contribution in [3.63, 3.8) is 0 Å². The Hall–Kier alpha value is -2.11. The van der Waals surface area contributed by atoms with Crippen molar-refractivity contribution in [1.29, 1.82) is 0 Å². The number of aromatic nitrogens is 3. The van der Waals surface area contributed by atoms with Crippen LogP contribution < -0.4 is 10.9 Å². The minimum atomic E-state index is -0.0803. The van der Waals surface area contributed by atoms with Crippen LogP contribution in [-0.4, -0.2) is 14.5 Å². The summed E-state index contributed by atoms with van der Waals surface area (Å²) in [6.45, 7) is 2.20. The fourth-order valence-corrected chi connectivity index (χ4v) is 1.83. The average Bonchev–Trinajstić information content (AvgIpc) is 3.11. The number of anilines is 1. The maximum absolute atomic E-state index is 12.1. The molecule has 18 heavy (non-hydrogen) atoms. The van der Waals surface area contributed by atoms with Gasteiger partial charge in [-0.3, -0.25) is 4.79 Å². The van der Waals surface area contributed by atoms with Crippen LogP contribution in [0.2, 0.25) is 0 Å². The molecule has 0 amide bonds. The normalized spacial score (nSPS) is 14.7. The highest BCUT2D eigenvalue weighted by Gasteiger charge is 2.25. The van der Waals surface area contributed by atoms with Crippen LogP contribution in [0.15, 0.2) is 27.8 Å². The molecular weight excluding hydrogens is 232 g/mol. The van der Waals surface area contributed by atoms with E-state index in [-0.39, 0.29) is 5.56 Å². The van der Waals surface area contributed by atoms with Crippen molar-refractivity contribution in [3.05, 3.63) is 40.6 Å². The molecule has 2 aromatic rings. The van der Waals surface area contributed by atoms with Gasteiger partial charge >= 0.3 is 0 Å². The molecule has 6 nitrogen and oxygen atoms in total. The van der Waals surface area contributed by atoms with Crippen LogP contribution in [0, 0.1) is 6.92 Å². The molecule has 2 aromatic heterocycles. The Balaban J connectivity index is 1.76. The molecule has 1 N–H and O–H groups in total. The highest BCUT2D eigenvalue weighted by molar-refractivity contribution is 5.31. The molecule has 1 saturated carbocycles. The molecule has 0 aliphatic heterocycles. The summed E-state index contributed by atoms with van der Waals surface area (Å²) in [6, 6.07) is 0.352. The Morgan fingerprint density at radius 2 is 2.33 bits per heavy atom. The summed E-state index contributed by atoms with van der Waals surface area (Å²) >= 11 is 0. The van der Waals surface area contributed by atoms with Crippen LogP contribution in [0.3, 0.4) is 0 Å². The van der Waals surface area contributed by atoms with Crippen LogP contribution in [0.25, 0.3) is 0 Å². The van der Waals surface area contributed by atoms with E-state index in [1.807, 2.05) is 6.92 Å². The molecule has 0 saturated heterocycles. The van der Waals surface area contributed by atoms with Crippen molar-refractivity contribution < 1.29 is 4.42 Å². The maximum Gasteiger partial charge on any atom is 0.293 e. The SMILES string of the molecule is Cc1cnc(CNc2nccn(C3CC3)c2=O)o1. The molecular formula is C12H14N4O2. The first kappa shape index (κ1) is 11.0. The molecule has 94 valence electrons. The number of nitrogens with one attached hydrogen (secondary N) is 1. The molecule has 2 heterocycles. The lowest BCUT2D eigenvalue weighted by Gasteiger charge is -2.06. The fraction of sp³-hybridized carbons (Fsp3) is 0.417. The zero-order valence-electron chi connectivity index (χ0n) is 10.1. The molecule has 0 bridgehead atoms. The molecule has 6 heteroatoms. The number of nitrogens with zero attached hydrogens (tertiary/aromatic N) is 3. The van der Waals surface area contributed by atoms with Crippen molar-refractivity contribution in [1.82, 2.24) is 14.5 Å². The number of rotatable bonds is 4. The zero-order valence-corrected chi connectivity index (χ0v) is 10.1. The van der Waals surface area contributed by atoms with E-state index in [0.717, 1.165) is 18.6 Å². The van der Waals surface area contributed by atoms with Gasteiger partial charge in [-0.05, 0) is 19.8 Å². The van der Waals surface area contributed by atoms with E-state index in [2.05, 4.69) is 15.3 Å². The van der Waals surface area contributed by atoms with Gasteiger partial charge in [0, 0.05) is 18.4 Å². The Morgan fingerprint density at radius 1 is 1.50 bits per heavy atom. The Kier molecular flexibility index (Phi) is 2.62. The zero-order chi connectivity index (χ0) is 12.5. The lowest BCUT2D eigenvalue weighted by atomic mass is 10.5. The number of oxazole rings is 1. The van der Waals surface area contributed by atoms with Gasteiger partial charge in [0.2, 0.25) is 5.89 Å². The lowest BCUT2D eigenvalue weighted by Crippen LogP contribution is -2.23. The number of aryl methyl sites for hydroxylation is 1. The largest absolute Gasteiger partial charge is 0.444 e. The van der Waals surface area contributed by atoms with Gasteiger partial charge in [-0.25, -0.2) is 9.97 Å². The molecule has 0 radical (unpaired) electrons. The van der Waals surface area contributed by atoms with E-state index < -0.39 is 0 Å². The summed E-state index contributed by atoms with van der Waals surface area (Å²) in [6.07, 6.45) is 7.17. The summed E-state index contributed by atoms with van der Waals surface area (Å²) in [5, 5.41) is 2.96. The molecule has 0 aromatic carbocycles. The van der Waals surface area contributed by atoms with E-state index in [4.69, 9.17) is 4.42 Å². The van der Waals surface area contributed by atoms with Crippen LogP contribution in [-0.2, 0) is 6.54 Å². The van der Waals surface area contributed by atoms with Crippen molar-refractivity contribution in [3.8, 4) is 0 Å². The maximum atomic E-state index is 12.1. The van der Waals surface area contributed by atoms with E-state index in [1.54, 1.807) is 23.2 Å². The molecule has 1 aliphatic carbocycles. The van der Waals surface area contributed by atoms with Gasteiger partial charge < -0.3 is 14.3 Å². The van der Waals surface area contributed by atoms with Crippen LogP contribution in [0.4, 0.5) is 5.82 Å². The second kappa shape index (κ2) is 4.29. The Bertz CT molecular complexity index is 613. The smallest absolute Gasteiger partial charge is 0.293 e. The van der Waals surface area contributed by atoms with Gasteiger partial charge in [0.15, 0.2) is 5.82 Å². The predicted octanol–water partition coefficient (Wildman–Crippen LogP) is 1.49. The van der Waals surface area contributed by atoms with Gasteiger partial charge in [-0.1, -0.05) is 0 Å². The summed E-state index contributed by atoms with van der Waals surface area (Å²) in [5.41, 5.74) is -0.0803. The Labute approximate surface area is 104 Å². The second-order valence-electron chi connectivity index (χ2n) is 4.44. The minimum Gasteiger partial charge on any atom is -0.444 e. The van der Waals surface area contributed by atoms with Crippen molar-refractivity contribution >= 4 is 5.82 Å². The van der Waals surface area contributed by atoms with E-state index in [1.165, 1.54) is 0 Å². The third-order valence-corrected chi connectivity index (χ3v) is 2.88. The summed E-state index contributed by atoms with van der Waals surface area (Å²) in [5.74, 6) is 1.65. The molecule has 1 fully saturated rings. The average molecular weight is 246 g/mol. The lowest BCUT2D eigenvalue weighted by molar-refractivity contribution is 0.478. The quantitative estimate of drug-likeness (QED) is 0.884. The van der Waals surface area contributed by atoms with Gasteiger partial charge in [0.05, 0.1) is 12.7 Å². The van der Waals surface area contributed by atoms with E-state index >= 15 is 0 Å². The molecule has 0 spiro atoms. The van der Waals surface area contributed by atoms with Gasteiger partial charge in [0.25, 0.3) is 5.56 Å². The predicted molar refractivity (Wildman–Crippen MR) is 65.3 cm³/mol. The summed E-state index contributed by atoms with van der Waals surface area (Å²) in [7, 11) is 0. The van der Waals surface area contributed by atoms with Gasteiger partial charge in [-0.15, -0.1) is 0 Å². The van der Waals surface area contributed by atoms with Crippen molar-refractivity contribution in [2.45, 2.75) is 32.4 Å². The first-order chi connectivity index (χ1) is 8.74. The first-order valence-corrected chi connectivity index (χ1v) is 5.96. The topological polar surface area (TPSA) is 73.0 Å². The number of hydrogen-bond donors (Lipinski definition) is 1. The monoisotopic (exact) mass is 246 g/mol. The standard InChI is InChI=1S/C12H14N4O2/c1-8-6-14-10(18-8)7-15-11-12(17)16(5-4-13-11)9-2-3-9/h4-6,9H,2-3,7H2,1H3,(H,13,15). The van der Waals surface area contributed by atoms with E-state index in [0.29, 0.717) is 24.3 Å². The highest BCUT2D eigenvalue weighted by Crippen LogP contribution is 2.33. The second-order valence-corrected chi connectivity index (χ2v) is 4.44. The molecule has 0 unspecified atom stereocenters. The Morgan fingerprint density at radius 3 is 3.00 bits per heavy atom. The summed E-state index contributed by atoms with van der Waals surface area (Å²) < 4.78 is 7.06. The third kappa shape index (κ3) is 2.13. The number of hydrogen-bond acceptors (Lipinski definition) is 5. The van der Waals surface area contributed by atoms with E-state index in [9.17, 15) is 4.79 Å². The minimum absolute atomic E-state index is 0.0803. The van der Waals surface area contributed by atoms with Gasteiger partial charge in [-0.2, -0.15) is 0 Å². The first-order valence-electron chi connectivity index (χ1n) is 5.96.